The molecule has 1 saturated heterocycles. The van der Waals surface area contributed by atoms with Gasteiger partial charge < -0.3 is 10.2 Å². The minimum Gasteiger partial charge on any atom is -0.342 e. The first kappa shape index (κ1) is 20.8. The third kappa shape index (κ3) is 5.15. The molecule has 3 heterocycles. The van der Waals surface area contributed by atoms with Crippen LogP contribution in [0, 0.1) is 26.7 Å². The van der Waals surface area contributed by atoms with E-state index < -0.39 is 0 Å². The molecule has 1 atom stereocenters. The van der Waals surface area contributed by atoms with E-state index in [0.717, 1.165) is 60.8 Å². The van der Waals surface area contributed by atoms with Crippen LogP contribution in [0.5, 0.6) is 0 Å². The molecule has 1 aliphatic carbocycles. The quantitative estimate of drug-likeness (QED) is 0.769. The van der Waals surface area contributed by atoms with Gasteiger partial charge in [0.2, 0.25) is 11.9 Å². The zero-order chi connectivity index (χ0) is 21.1. The topological polar surface area (TPSA) is 71.0 Å². The van der Waals surface area contributed by atoms with E-state index in [4.69, 9.17) is 4.98 Å². The number of nitrogens with zero attached hydrogens (tertiary/aromatic N) is 4. The molecule has 2 aliphatic rings. The van der Waals surface area contributed by atoms with Gasteiger partial charge in [0, 0.05) is 53.9 Å². The van der Waals surface area contributed by atoms with Crippen LogP contribution in [0.2, 0.25) is 0 Å². The second-order valence-electron chi connectivity index (χ2n) is 9.05. The highest BCUT2D eigenvalue weighted by atomic mass is 16.2. The Morgan fingerprint density at radius 3 is 2.40 bits per heavy atom. The van der Waals surface area contributed by atoms with Crippen molar-refractivity contribution in [2.45, 2.75) is 71.6 Å². The van der Waals surface area contributed by atoms with E-state index in [-0.39, 0.29) is 5.92 Å². The maximum Gasteiger partial charge on any atom is 0.227 e. The summed E-state index contributed by atoms with van der Waals surface area (Å²) in [5, 5.41) is 3.35. The summed E-state index contributed by atoms with van der Waals surface area (Å²) in [4.78, 5) is 28.7. The number of aromatic nitrogens is 3. The Hall–Kier alpha value is -2.50. The molecule has 0 unspecified atom stereocenters. The largest absolute Gasteiger partial charge is 0.342 e. The van der Waals surface area contributed by atoms with E-state index in [2.05, 4.69) is 26.3 Å². The Morgan fingerprint density at radius 2 is 1.67 bits per heavy atom. The van der Waals surface area contributed by atoms with Crippen LogP contribution in [-0.2, 0) is 4.79 Å². The van der Waals surface area contributed by atoms with Gasteiger partial charge in [-0.25, -0.2) is 9.97 Å². The predicted molar refractivity (Wildman–Crippen MR) is 119 cm³/mol. The summed E-state index contributed by atoms with van der Waals surface area (Å²) >= 11 is 0. The van der Waals surface area contributed by atoms with Crippen LogP contribution in [0.4, 0.5) is 11.6 Å². The molecule has 6 heteroatoms. The van der Waals surface area contributed by atoms with Crippen molar-refractivity contribution in [3.05, 3.63) is 41.0 Å². The predicted octanol–water partition coefficient (Wildman–Crippen LogP) is 4.83. The summed E-state index contributed by atoms with van der Waals surface area (Å²) in [6.45, 7) is 7.63. The van der Waals surface area contributed by atoms with E-state index in [9.17, 15) is 4.79 Å². The zero-order valence-corrected chi connectivity index (χ0v) is 18.4. The van der Waals surface area contributed by atoms with Crippen molar-refractivity contribution >= 4 is 17.5 Å². The van der Waals surface area contributed by atoms with Crippen molar-refractivity contribution in [2.24, 2.45) is 5.92 Å². The molecule has 30 heavy (non-hydrogen) atoms. The molecular formula is C24H33N5O. The fraction of sp³-hybridized carbons (Fsp3) is 0.583. The van der Waals surface area contributed by atoms with Crippen molar-refractivity contribution in [1.29, 1.82) is 0 Å². The number of hydrogen-bond donors (Lipinski definition) is 1. The highest BCUT2D eigenvalue weighted by molar-refractivity contribution is 5.76. The van der Waals surface area contributed by atoms with Crippen LogP contribution >= 0.6 is 0 Å². The van der Waals surface area contributed by atoms with Gasteiger partial charge in [-0.2, -0.15) is 0 Å². The highest BCUT2D eigenvalue weighted by Crippen LogP contribution is 2.31. The first-order chi connectivity index (χ1) is 14.5. The van der Waals surface area contributed by atoms with Crippen molar-refractivity contribution in [1.82, 2.24) is 19.9 Å². The van der Waals surface area contributed by atoms with Gasteiger partial charge in [0.05, 0.1) is 0 Å². The molecule has 4 rings (SSSR count). The monoisotopic (exact) mass is 407 g/mol. The van der Waals surface area contributed by atoms with Crippen LogP contribution in [0.1, 0.15) is 73.6 Å². The molecule has 1 saturated carbocycles. The Labute approximate surface area is 179 Å². The average Bonchev–Trinajstić information content (AvgIpc) is 3.20. The maximum atomic E-state index is 12.8. The molecule has 2 aromatic rings. The molecule has 0 aromatic carbocycles. The summed E-state index contributed by atoms with van der Waals surface area (Å²) in [5.41, 5.74) is 4.87. The molecule has 1 N–H and O–H groups in total. The zero-order valence-electron chi connectivity index (χ0n) is 18.4. The molecule has 1 amide bonds. The Bertz CT molecular complexity index is 886. The van der Waals surface area contributed by atoms with Gasteiger partial charge in [-0.15, -0.1) is 0 Å². The van der Waals surface area contributed by atoms with Crippen molar-refractivity contribution in [2.75, 3.05) is 18.4 Å². The van der Waals surface area contributed by atoms with Gasteiger partial charge in [0.25, 0.3) is 0 Å². The number of aryl methyl sites for hydroxylation is 3. The van der Waals surface area contributed by atoms with Crippen molar-refractivity contribution in [3.63, 3.8) is 0 Å². The van der Waals surface area contributed by atoms with E-state index in [1.54, 1.807) is 0 Å². The summed E-state index contributed by atoms with van der Waals surface area (Å²) in [6, 6.07) is 6.09. The summed E-state index contributed by atoms with van der Waals surface area (Å²) in [7, 11) is 0. The van der Waals surface area contributed by atoms with Crippen molar-refractivity contribution < 1.29 is 4.79 Å². The fourth-order valence-corrected chi connectivity index (χ4v) is 4.92. The SMILES string of the molecule is Cc1cc(Nc2nc(C)cc(C)n2)cc([C@@H]2CCCN(C(=O)CC3CCCC3)C2)n1. The second-order valence-corrected chi connectivity index (χ2v) is 9.05. The molecule has 160 valence electrons. The lowest BCUT2D eigenvalue weighted by Gasteiger charge is -2.33. The van der Waals surface area contributed by atoms with E-state index in [1.807, 2.05) is 32.9 Å². The number of pyridine rings is 1. The summed E-state index contributed by atoms with van der Waals surface area (Å²) in [6.07, 6.45) is 7.85. The first-order valence-electron chi connectivity index (χ1n) is 11.3. The molecule has 2 fully saturated rings. The third-order valence-electron chi connectivity index (χ3n) is 6.34. The van der Waals surface area contributed by atoms with Crippen LogP contribution in [-0.4, -0.2) is 38.8 Å². The Morgan fingerprint density at radius 1 is 0.967 bits per heavy atom. The molecule has 0 radical (unpaired) electrons. The molecule has 0 bridgehead atoms. The third-order valence-corrected chi connectivity index (χ3v) is 6.34. The van der Waals surface area contributed by atoms with Crippen LogP contribution in [0.3, 0.4) is 0 Å². The summed E-state index contributed by atoms with van der Waals surface area (Å²) in [5.74, 6) is 1.83. The number of anilines is 2. The lowest BCUT2D eigenvalue weighted by atomic mass is 9.93. The van der Waals surface area contributed by atoms with Gasteiger partial charge in [-0.3, -0.25) is 9.78 Å². The Kier molecular flexibility index (Phi) is 6.30. The van der Waals surface area contributed by atoms with E-state index >= 15 is 0 Å². The first-order valence-corrected chi connectivity index (χ1v) is 11.3. The van der Waals surface area contributed by atoms with Gasteiger partial charge in [-0.1, -0.05) is 12.8 Å². The maximum absolute atomic E-state index is 12.8. The Balaban J connectivity index is 1.46. The standard InChI is InChI=1S/C24H33N5O/c1-16-11-17(2)27-24(26-16)28-21-12-18(3)25-22(14-21)20-9-6-10-29(15-20)23(30)13-19-7-4-5-8-19/h11-12,14,19-20H,4-10,13,15H2,1-3H3,(H,25,26,27,28)/t20-/m1/s1. The number of amides is 1. The van der Waals surface area contributed by atoms with Gasteiger partial charge >= 0.3 is 0 Å². The molecule has 0 spiro atoms. The summed E-state index contributed by atoms with van der Waals surface area (Å²) < 4.78 is 0. The number of rotatable bonds is 5. The second kappa shape index (κ2) is 9.11. The smallest absolute Gasteiger partial charge is 0.227 e. The van der Waals surface area contributed by atoms with Gasteiger partial charge in [0.1, 0.15) is 0 Å². The molecule has 1 aliphatic heterocycles. The number of piperidine rings is 1. The minimum atomic E-state index is 0.284. The lowest BCUT2D eigenvalue weighted by molar-refractivity contribution is -0.133. The fourth-order valence-electron chi connectivity index (χ4n) is 4.92. The van der Waals surface area contributed by atoms with E-state index in [0.29, 0.717) is 17.8 Å². The number of carbonyl (C=O) groups excluding carboxylic acids is 1. The van der Waals surface area contributed by atoms with Crippen molar-refractivity contribution in [3.8, 4) is 0 Å². The lowest BCUT2D eigenvalue weighted by Crippen LogP contribution is -2.39. The molecule has 2 aromatic heterocycles. The van der Waals surface area contributed by atoms with Crippen LogP contribution in [0.25, 0.3) is 0 Å². The van der Waals surface area contributed by atoms with Gasteiger partial charge in [-0.05, 0) is 70.6 Å². The number of nitrogens with one attached hydrogen (secondary N) is 1. The number of hydrogen-bond acceptors (Lipinski definition) is 5. The van der Waals surface area contributed by atoms with Crippen LogP contribution in [0.15, 0.2) is 18.2 Å². The molecule has 6 nitrogen and oxygen atoms in total. The normalized spacial score (nSPS) is 19.8. The minimum absolute atomic E-state index is 0.284. The number of carbonyl (C=O) groups is 1. The van der Waals surface area contributed by atoms with Gasteiger partial charge in [0.15, 0.2) is 0 Å². The molecular weight excluding hydrogens is 374 g/mol. The highest BCUT2D eigenvalue weighted by Gasteiger charge is 2.28. The number of likely N-dealkylation sites (tertiary alicyclic amines) is 1. The van der Waals surface area contributed by atoms with E-state index in [1.165, 1.54) is 25.7 Å². The average molecular weight is 408 g/mol. The van der Waals surface area contributed by atoms with Crippen LogP contribution < -0.4 is 5.32 Å².